The van der Waals surface area contributed by atoms with Crippen LogP contribution >= 0.6 is 21.6 Å². The molecule has 1 N–H and O–H groups in total. The molecule has 2 atom stereocenters. The van der Waals surface area contributed by atoms with Crippen LogP contribution in [-0.2, 0) is 4.74 Å². The fraction of sp³-hybridized carbons (Fsp3) is 0.348. The van der Waals surface area contributed by atoms with Crippen LogP contribution in [0.2, 0.25) is 0 Å². The molecule has 37 heavy (non-hydrogen) atoms. The number of carbonyl (C=O) groups is 2. The number of hydrogen-bond donors (Lipinski definition) is 1. The first-order valence-corrected chi connectivity index (χ1v) is 13.3. The number of nitrogens with zero attached hydrogens (tertiary/aromatic N) is 4. The number of pyridine rings is 1. The molecule has 1 aromatic carbocycles. The first-order chi connectivity index (χ1) is 17.7. The number of anilines is 1. The van der Waals surface area contributed by atoms with E-state index in [0.29, 0.717) is 22.9 Å². The molecule has 2 aliphatic rings. The smallest absolute Gasteiger partial charge is 0.416 e. The first-order valence-electron chi connectivity index (χ1n) is 11.0. The molecule has 0 spiro atoms. The van der Waals surface area contributed by atoms with Crippen molar-refractivity contribution in [1.82, 2.24) is 9.88 Å². The molecule has 2 aliphatic heterocycles. The third-order valence-corrected chi connectivity index (χ3v) is 8.05. The van der Waals surface area contributed by atoms with Gasteiger partial charge in [0, 0.05) is 24.4 Å². The maximum atomic E-state index is 13.4. The molecule has 1 saturated heterocycles. The summed E-state index contributed by atoms with van der Waals surface area (Å²) in [6.07, 6.45) is -0.686. The third kappa shape index (κ3) is 5.45. The van der Waals surface area contributed by atoms with Gasteiger partial charge in [0.05, 0.1) is 36.4 Å². The van der Waals surface area contributed by atoms with Crippen LogP contribution in [0.5, 0.6) is 11.5 Å². The van der Waals surface area contributed by atoms with Crippen molar-refractivity contribution in [3.8, 4) is 11.5 Å². The Morgan fingerprint density at radius 1 is 1.30 bits per heavy atom. The monoisotopic (exact) mass is 548 g/mol. The predicted octanol–water partition coefficient (Wildman–Crippen LogP) is 3.49. The number of aromatic nitrogens is 1. The number of benzene rings is 1. The number of rotatable bonds is 8. The molecule has 0 bridgehead atoms. The number of carbonyl (C=O) groups excluding carboxylic acids is 2. The number of methoxy groups -OCH3 is 2. The number of fused-ring (bicyclic) bond motifs is 2. The van der Waals surface area contributed by atoms with E-state index in [9.17, 15) is 24.8 Å². The zero-order chi connectivity index (χ0) is 26.7. The molecule has 0 radical (unpaired) electrons. The third-order valence-electron chi connectivity index (χ3n) is 5.82. The highest BCUT2D eigenvalue weighted by molar-refractivity contribution is 8.76. The van der Waals surface area contributed by atoms with Crippen LogP contribution in [0.4, 0.5) is 16.2 Å². The van der Waals surface area contributed by atoms with Gasteiger partial charge in [-0.15, -0.1) is 0 Å². The van der Waals surface area contributed by atoms with Gasteiger partial charge in [0.1, 0.15) is 17.8 Å². The Kier molecular flexibility index (Phi) is 8.10. The molecule has 1 aromatic heterocycles. The molecule has 14 heteroatoms. The highest BCUT2D eigenvalue weighted by atomic mass is 33.1. The summed E-state index contributed by atoms with van der Waals surface area (Å²) in [6.45, 7) is 4.22. The van der Waals surface area contributed by atoms with Gasteiger partial charge in [-0.3, -0.25) is 14.9 Å². The van der Waals surface area contributed by atoms with Crippen LogP contribution in [-0.4, -0.2) is 77.3 Å². The van der Waals surface area contributed by atoms with Gasteiger partial charge in [-0.05, 0) is 29.3 Å². The summed E-state index contributed by atoms with van der Waals surface area (Å²) in [5.74, 6) is 0.607. The molecule has 0 aliphatic carbocycles. The van der Waals surface area contributed by atoms with Crippen molar-refractivity contribution in [2.75, 3.05) is 38.0 Å². The predicted molar refractivity (Wildman–Crippen MR) is 137 cm³/mol. The second-order valence-electron chi connectivity index (χ2n) is 8.09. The second-order valence-corrected chi connectivity index (χ2v) is 10.5. The van der Waals surface area contributed by atoms with Crippen molar-refractivity contribution in [3.63, 3.8) is 0 Å². The Morgan fingerprint density at radius 3 is 2.68 bits per heavy atom. The number of aliphatic hydroxyl groups is 1. The Balaban J connectivity index is 1.49. The molecule has 4 rings (SSSR count). The summed E-state index contributed by atoms with van der Waals surface area (Å²) < 4.78 is 16.1. The lowest BCUT2D eigenvalue weighted by Gasteiger charge is -2.31. The van der Waals surface area contributed by atoms with Gasteiger partial charge in [0.25, 0.3) is 11.6 Å². The number of amides is 2. The molecule has 2 amide bonds. The van der Waals surface area contributed by atoms with Crippen LogP contribution in [0.1, 0.15) is 16.8 Å². The maximum Gasteiger partial charge on any atom is 0.416 e. The average Bonchev–Trinajstić information content (AvgIpc) is 3.26. The Morgan fingerprint density at radius 2 is 2.03 bits per heavy atom. The number of ether oxygens (including phenoxy) is 3. The van der Waals surface area contributed by atoms with E-state index in [0.717, 1.165) is 10.5 Å². The molecule has 1 unspecified atom stereocenters. The fourth-order valence-electron chi connectivity index (χ4n) is 4.10. The van der Waals surface area contributed by atoms with Gasteiger partial charge in [-0.1, -0.05) is 22.9 Å². The summed E-state index contributed by atoms with van der Waals surface area (Å²) in [5, 5.41) is 22.5. The van der Waals surface area contributed by atoms with Crippen LogP contribution in [0.25, 0.3) is 0 Å². The number of nitro groups is 1. The highest BCUT2D eigenvalue weighted by Gasteiger charge is 2.46. The quantitative estimate of drug-likeness (QED) is 0.170. The van der Waals surface area contributed by atoms with Crippen LogP contribution in [0.3, 0.4) is 0 Å². The van der Waals surface area contributed by atoms with Gasteiger partial charge in [0.2, 0.25) is 0 Å². The Bertz CT molecular complexity index is 1230. The standard InChI is InChI=1S/C23H24N4O8S2/c1-13-8-17-22(29)26(16-10-19(34-3)18(33-2)9-15(16)21(28)25(17)12-13)23(30)35-6-7-36-37-20-5-4-14(11-24-20)27(31)32/h4-5,9-11,17,22,29H,1,6-8,12H2,2-3H3/t17-,22?/m0/s1. The lowest BCUT2D eigenvalue weighted by Crippen LogP contribution is -2.51. The Hall–Kier alpha value is -3.49. The molecule has 12 nitrogen and oxygen atoms in total. The molecule has 2 aromatic rings. The van der Waals surface area contributed by atoms with Crippen LogP contribution in [0.15, 0.2) is 47.6 Å². The molecule has 196 valence electrons. The van der Waals surface area contributed by atoms with Gasteiger partial charge >= 0.3 is 6.09 Å². The lowest BCUT2D eigenvalue weighted by atomic mass is 10.1. The highest BCUT2D eigenvalue weighted by Crippen LogP contribution is 2.41. The van der Waals surface area contributed by atoms with E-state index in [1.165, 1.54) is 71.2 Å². The van der Waals surface area contributed by atoms with Gasteiger partial charge < -0.3 is 24.2 Å². The van der Waals surface area contributed by atoms with Crippen molar-refractivity contribution in [1.29, 1.82) is 0 Å². The normalized spacial score (nSPS) is 18.7. The van der Waals surface area contributed by atoms with Crippen molar-refractivity contribution >= 4 is 45.0 Å². The van der Waals surface area contributed by atoms with Crippen molar-refractivity contribution in [2.24, 2.45) is 0 Å². The van der Waals surface area contributed by atoms with E-state index in [-0.39, 0.29) is 41.7 Å². The minimum atomic E-state index is -1.37. The Labute approximate surface area is 220 Å². The van der Waals surface area contributed by atoms with Gasteiger partial charge in [-0.2, -0.15) is 0 Å². The number of aliphatic hydroxyl groups excluding tert-OH is 1. The van der Waals surface area contributed by atoms with Crippen molar-refractivity contribution in [3.05, 3.63) is 58.3 Å². The topological polar surface area (TPSA) is 145 Å². The minimum absolute atomic E-state index is 0.00433. The van der Waals surface area contributed by atoms with E-state index < -0.39 is 23.3 Å². The molecular weight excluding hydrogens is 524 g/mol. The van der Waals surface area contributed by atoms with E-state index in [4.69, 9.17) is 14.2 Å². The second kappa shape index (κ2) is 11.3. The van der Waals surface area contributed by atoms with Crippen LogP contribution < -0.4 is 14.4 Å². The van der Waals surface area contributed by atoms with Crippen LogP contribution in [0, 0.1) is 10.1 Å². The lowest BCUT2D eigenvalue weighted by molar-refractivity contribution is -0.385. The first kappa shape index (κ1) is 26.6. The zero-order valence-electron chi connectivity index (χ0n) is 20.0. The summed E-state index contributed by atoms with van der Waals surface area (Å²) in [5.41, 5.74) is 0.983. The maximum absolute atomic E-state index is 13.4. The van der Waals surface area contributed by atoms with Crippen molar-refractivity contribution < 1.29 is 33.8 Å². The molecule has 3 heterocycles. The van der Waals surface area contributed by atoms with E-state index in [1.54, 1.807) is 0 Å². The zero-order valence-corrected chi connectivity index (χ0v) is 21.6. The summed E-state index contributed by atoms with van der Waals surface area (Å²) in [7, 11) is 5.49. The molecular formula is C23H24N4O8S2. The average molecular weight is 549 g/mol. The minimum Gasteiger partial charge on any atom is -0.493 e. The summed E-state index contributed by atoms with van der Waals surface area (Å²) >= 11 is 0. The molecule has 0 saturated carbocycles. The summed E-state index contributed by atoms with van der Waals surface area (Å²) in [4.78, 5) is 43.4. The number of hydrogen-bond acceptors (Lipinski definition) is 11. The summed E-state index contributed by atoms with van der Waals surface area (Å²) in [6, 6.07) is 5.16. The SMILES string of the molecule is C=C1C[C@H]2C(O)N(C(=O)OCCSSc3ccc([N+](=O)[O-])cn3)c3cc(OC)c(OC)cc3C(=O)N2C1. The largest absolute Gasteiger partial charge is 0.493 e. The van der Waals surface area contributed by atoms with E-state index in [1.807, 2.05) is 0 Å². The van der Waals surface area contributed by atoms with Gasteiger partial charge in [-0.25, -0.2) is 14.7 Å². The van der Waals surface area contributed by atoms with Gasteiger partial charge in [0.15, 0.2) is 17.7 Å². The fourth-order valence-corrected chi connectivity index (χ4v) is 5.78. The van der Waals surface area contributed by atoms with Crippen molar-refractivity contribution in [2.45, 2.75) is 23.7 Å². The van der Waals surface area contributed by atoms with E-state index in [2.05, 4.69) is 11.6 Å². The van der Waals surface area contributed by atoms with E-state index >= 15 is 0 Å². The molecule has 1 fully saturated rings.